The van der Waals surface area contributed by atoms with Crippen molar-refractivity contribution in [3.05, 3.63) is 55.7 Å². The van der Waals surface area contributed by atoms with Crippen LogP contribution in [-0.4, -0.2) is 53.2 Å². The molecule has 3 N–H and O–H groups in total. The van der Waals surface area contributed by atoms with Gasteiger partial charge in [0.25, 0.3) is 5.56 Å². The van der Waals surface area contributed by atoms with Crippen molar-refractivity contribution in [3.8, 4) is 0 Å². The Morgan fingerprint density at radius 1 is 1.26 bits per heavy atom. The molecular formula is C24H34ClN5O4. The van der Waals surface area contributed by atoms with Crippen molar-refractivity contribution in [2.45, 2.75) is 52.2 Å². The zero-order valence-corrected chi connectivity index (χ0v) is 21.0. The fraction of sp³-hybridized carbons (Fsp3) is 0.542. The third kappa shape index (κ3) is 5.89. The van der Waals surface area contributed by atoms with Gasteiger partial charge in [-0.2, -0.15) is 0 Å². The first-order chi connectivity index (χ1) is 16.1. The zero-order chi connectivity index (χ0) is 25.0. The lowest BCUT2D eigenvalue weighted by molar-refractivity contribution is -0.120. The third-order valence-electron chi connectivity index (χ3n) is 6.04. The van der Waals surface area contributed by atoms with E-state index in [2.05, 4.69) is 9.88 Å². The van der Waals surface area contributed by atoms with E-state index in [1.165, 1.54) is 16.6 Å². The minimum atomic E-state index is -0.691. The van der Waals surface area contributed by atoms with Crippen LogP contribution in [0.4, 0.5) is 11.5 Å². The summed E-state index contributed by atoms with van der Waals surface area (Å²) in [5.41, 5.74) is 5.93. The zero-order valence-electron chi connectivity index (χ0n) is 20.2. The van der Waals surface area contributed by atoms with E-state index in [1.54, 1.807) is 0 Å². The number of halogens is 1. The van der Waals surface area contributed by atoms with Crippen LogP contribution < -0.4 is 21.9 Å². The predicted octanol–water partition coefficient (Wildman–Crippen LogP) is 2.63. The Labute approximate surface area is 204 Å². The highest BCUT2D eigenvalue weighted by Gasteiger charge is 2.36. The highest BCUT2D eigenvalue weighted by molar-refractivity contribution is 6.31. The van der Waals surface area contributed by atoms with Crippen LogP contribution in [0.15, 0.2) is 33.9 Å². The molecule has 1 fully saturated rings. The van der Waals surface area contributed by atoms with Gasteiger partial charge >= 0.3 is 5.69 Å². The first kappa shape index (κ1) is 26.0. The second kappa shape index (κ2) is 11.2. The quantitative estimate of drug-likeness (QED) is 0.499. The molecule has 1 saturated carbocycles. The number of hydrogen-bond donors (Lipinski definition) is 2. The number of nitrogens with two attached hydrogens (primary N) is 1. The van der Waals surface area contributed by atoms with Gasteiger partial charge < -0.3 is 15.4 Å². The van der Waals surface area contributed by atoms with Crippen LogP contribution in [0.2, 0.25) is 5.02 Å². The largest absolute Gasteiger partial charge is 0.383 e. The minimum Gasteiger partial charge on any atom is -0.383 e. The monoisotopic (exact) mass is 491 g/mol. The summed E-state index contributed by atoms with van der Waals surface area (Å²) in [5.74, 6) is -0.206. The molecule has 1 aromatic carbocycles. The maximum absolute atomic E-state index is 13.6. The number of H-pyrrole nitrogens is 1. The van der Waals surface area contributed by atoms with Crippen LogP contribution in [0.25, 0.3) is 0 Å². The molecule has 2 aromatic rings. The number of hydrogen-bond acceptors (Lipinski definition) is 6. The number of nitrogens with zero attached hydrogens (tertiary/aromatic N) is 3. The van der Waals surface area contributed by atoms with Gasteiger partial charge in [-0.1, -0.05) is 43.6 Å². The summed E-state index contributed by atoms with van der Waals surface area (Å²) < 4.78 is 6.50. The molecular weight excluding hydrogens is 458 g/mol. The van der Waals surface area contributed by atoms with Crippen molar-refractivity contribution >= 4 is 29.0 Å². The highest BCUT2D eigenvalue weighted by atomic mass is 35.5. The van der Waals surface area contributed by atoms with Gasteiger partial charge in [0.2, 0.25) is 5.91 Å². The number of carbonyl (C=O) groups excluding carboxylic acids is 1. The summed E-state index contributed by atoms with van der Waals surface area (Å²) in [5, 5.41) is 0.644. The molecule has 1 aliphatic carbocycles. The smallest absolute Gasteiger partial charge is 0.330 e. The van der Waals surface area contributed by atoms with Crippen molar-refractivity contribution in [2.24, 2.45) is 5.92 Å². The number of amides is 1. The molecule has 1 atom stereocenters. The Kier molecular flexibility index (Phi) is 8.57. The van der Waals surface area contributed by atoms with Gasteiger partial charge in [0, 0.05) is 37.3 Å². The predicted molar refractivity (Wildman–Crippen MR) is 134 cm³/mol. The van der Waals surface area contributed by atoms with Gasteiger partial charge in [-0.15, -0.1) is 0 Å². The van der Waals surface area contributed by atoms with E-state index >= 15 is 0 Å². The van der Waals surface area contributed by atoms with E-state index in [1.807, 2.05) is 45.0 Å². The molecule has 1 heterocycles. The number of benzene rings is 1. The van der Waals surface area contributed by atoms with E-state index in [4.69, 9.17) is 22.1 Å². The number of aromatic amines is 1. The number of methoxy groups -OCH3 is 1. The Morgan fingerprint density at radius 3 is 2.53 bits per heavy atom. The van der Waals surface area contributed by atoms with Crippen LogP contribution in [0.5, 0.6) is 0 Å². The highest BCUT2D eigenvalue weighted by Crippen LogP contribution is 2.36. The lowest BCUT2D eigenvalue weighted by Crippen LogP contribution is -2.47. The lowest BCUT2D eigenvalue weighted by atomic mass is 10.1. The molecule has 1 aliphatic rings. The maximum atomic E-state index is 13.6. The van der Waals surface area contributed by atoms with E-state index in [0.29, 0.717) is 11.6 Å². The molecule has 1 aromatic heterocycles. The maximum Gasteiger partial charge on any atom is 0.330 e. The number of carbonyl (C=O) groups is 1. The van der Waals surface area contributed by atoms with Gasteiger partial charge in [-0.25, -0.2) is 4.79 Å². The Hall–Kier alpha value is -2.62. The van der Waals surface area contributed by atoms with E-state index in [0.717, 1.165) is 18.4 Å². The number of nitrogens with one attached hydrogen (secondary N) is 1. The summed E-state index contributed by atoms with van der Waals surface area (Å²) in [6.07, 6.45) is 1.98. The minimum absolute atomic E-state index is 0.0240. The van der Waals surface area contributed by atoms with E-state index in [-0.39, 0.29) is 55.1 Å². The van der Waals surface area contributed by atoms with E-state index in [9.17, 15) is 14.4 Å². The van der Waals surface area contributed by atoms with Crippen molar-refractivity contribution in [2.75, 3.05) is 37.4 Å². The summed E-state index contributed by atoms with van der Waals surface area (Å²) >= 11 is 6.43. The topological polar surface area (TPSA) is 114 Å². The molecule has 34 heavy (non-hydrogen) atoms. The molecule has 186 valence electrons. The van der Waals surface area contributed by atoms with Crippen LogP contribution >= 0.6 is 11.6 Å². The second-order valence-electron chi connectivity index (χ2n) is 9.14. The molecule has 0 saturated heterocycles. The summed E-state index contributed by atoms with van der Waals surface area (Å²) in [6, 6.07) is 7.75. The molecule has 3 rings (SSSR count). The third-order valence-corrected chi connectivity index (χ3v) is 6.38. The molecule has 10 heteroatoms. The number of anilines is 2. The first-order valence-electron chi connectivity index (χ1n) is 11.6. The Bertz CT molecular complexity index is 1130. The number of ether oxygens (including phenoxy) is 1. The average Bonchev–Trinajstić information content (AvgIpc) is 3.62. The average molecular weight is 492 g/mol. The summed E-state index contributed by atoms with van der Waals surface area (Å²) in [6.45, 7) is 6.62. The van der Waals surface area contributed by atoms with Crippen LogP contribution in [0, 0.1) is 5.92 Å². The van der Waals surface area contributed by atoms with Crippen molar-refractivity contribution in [1.29, 1.82) is 0 Å². The van der Waals surface area contributed by atoms with Crippen LogP contribution in [-0.2, 0) is 16.1 Å². The Morgan fingerprint density at radius 2 is 1.94 bits per heavy atom. The molecule has 0 spiro atoms. The van der Waals surface area contributed by atoms with Crippen LogP contribution in [0.1, 0.15) is 45.2 Å². The first-order valence-corrected chi connectivity index (χ1v) is 12.0. The van der Waals surface area contributed by atoms with Gasteiger partial charge in [0.15, 0.2) is 5.69 Å². The Balaban J connectivity index is 1.97. The molecule has 0 aliphatic heterocycles. The lowest BCUT2D eigenvalue weighted by Gasteiger charge is -2.32. The SMILES string of the molecule is COCCN(C(=O)CN(C1CC1)C(C)c1ccccc1Cl)c1c(N)n(CC(C)C)c(=O)[nH]c1=O. The standard InChI is InChI=1S/C24H34ClN5O4/c1-15(2)13-30-22(26)21(23(32)27-24(30)33)28(11-12-34-4)20(31)14-29(17-9-10-17)16(3)18-7-5-6-8-19(18)25/h5-8,15-17H,9-14,26H2,1-4H3,(H,27,32,33). The van der Waals surface area contributed by atoms with Crippen molar-refractivity contribution in [1.82, 2.24) is 14.5 Å². The second-order valence-corrected chi connectivity index (χ2v) is 9.54. The number of nitrogen functional groups attached to an aromatic ring is 1. The number of rotatable bonds is 11. The van der Waals surface area contributed by atoms with Crippen LogP contribution in [0.3, 0.4) is 0 Å². The van der Waals surface area contributed by atoms with E-state index < -0.39 is 11.2 Å². The van der Waals surface area contributed by atoms with Crippen molar-refractivity contribution in [3.63, 3.8) is 0 Å². The molecule has 0 radical (unpaired) electrons. The fourth-order valence-corrected chi connectivity index (χ4v) is 4.44. The fourth-order valence-electron chi connectivity index (χ4n) is 4.15. The number of aromatic nitrogens is 2. The molecule has 1 unspecified atom stereocenters. The summed E-state index contributed by atoms with van der Waals surface area (Å²) in [4.78, 5) is 44.6. The molecule has 0 bridgehead atoms. The van der Waals surface area contributed by atoms with Crippen molar-refractivity contribution < 1.29 is 9.53 Å². The molecule has 9 nitrogen and oxygen atoms in total. The van der Waals surface area contributed by atoms with Gasteiger partial charge in [0.05, 0.1) is 13.2 Å². The van der Waals surface area contributed by atoms with Gasteiger partial charge in [0.1, 0.15) is 5.82 Å². The normalized spacial score (nSPS) is 14.6. The van der Waals surface area contributed by atoms with Gasteiger partial charge in [-0.05, 0) is 37.3 Å². The summed E-state index contributed by atoms with van der Waals surface area (Å²) in [7, 11) is 1.52. The molecule has 1 amide bonds. The van der Waals surface area contributed by atoms with Gasteiger partial charge in [-0.3, -0.25) is 24.0 Å².